The van der Waals surface area contributed by atoms with Gasteiger partial charge in [0, 0.05) is 55.6 Å². The van der Waals surface area contributed by atoms with E-state index in [0.29, 0.717) is 42.7 Å². The number of morpholine rings is 1. The van der Waals surface area contributed by atoms with E-state index >= 15 is 0 Å². The third kappa shape index (κ3) is 3.04. The highest BCUT2D eigenvalue weighted by atomic mass is 16.5. The number of rotatable bonds is 3. The first-order valence-corrected chi connectivity index (χ1v) is 9.09. The molecule has 4 heterocycles. The van der Waals surface area contributed by atoms with Gasteiger partial charge in [0.05, 0.1) is 13.2 Å². The largest absolute Gasteiger partial charge is 0.423 e. The number of anilines is 2. The number of aromatic nitrogens is 3. The monoisotopic (exact) mass is 368 g/mol. The summed E-state index contributed by atoms with van der Waals surface area (Å²) in [6, 6.07) is 6.05. The van der Waals surface area contributed by atoms with Crippen LogP contribution in [0, 0.1) is 0 Å². The number of hydrogen-bond acceptors (Lipinski definition) is 7. The fraction of sp³-hybridized carbons (Fsp3) is 0.389. The number of nitrogens with zero attached hydrogens (tertiary/aromatic N) is 3. The van der Waals surface area contributed by atoms with Gasteiger partial charge in [0.15, 0.2) is 11.3 Å². The Morgan fingerprint density at radius 1 is 1.26 bits per heavy atom. The summed E-state index contributed by atoms with van der Waals surface area (Å²) in [7, 11) is 0. The van der Waals surface area contributed by atoms with E-state index in [1.807, 2.05) is 12.1 Å². The molecule has 0 bridgehead atoms. The highest BCUT2D eigenvalue weighted by molar-refractivity contribution is 6.04. The Bertz CT molecular complexity index is 988. The summed E-state index contributed by atoms with van der Waals surface area (Å²) in [6.07, 6.45) is 0.851. The van der Waals surface area contributed by atoms with Crippen molar-refractivity contribution in [1.82, 2.24) is 20.5 Å². The van der Waals surface area contributed by atoms with Crippen LogP contribution in [0.3, 0.4) is 0 Å². The van der Waals surface area contributed by atoms with Crippen molar-refractivity contribution in [2.45, 2.75) is 13.0 Å². The minimum atomic E-state index is -0.233. The lowest BCUT2D eigenvalue weighted by Gasteiger charge is -2.24. The molecule has 3 N–H and O–H groups in total. The number of fused-ring (bicyclic) bond motifs is 2. The number of oxazole rings is 1. The van der Waals surface area contributed by atoms with Crippen molar-refractivity contribution in [2.75, 3.05) is 43.1 Å². The third-order valence-corrected chi connectivity index (χ3v) is 4.94. The summed E-state index contributed by atoms with van der Waals surface area (Å²) < 4.78 is 11.2. The zero-order valence-electron chi connectivity index (χ0n) is 14.7. The molecule has 0 unspecified atom stereocenters. The quantitative estimate of drug-likeness (QED) is 0.639. The fourth-order valence-electron chi connectivity index (χ4n) is 3.48. The maximum atomic E-state index is 12.6. The van der Waals surface area contributed by atoms with Gasteiger partial charge in [-0.25, -0.2) is 0 Å². The summed E-state index contributed by atoms with van der Waals surface area (Å²) in [5, 5.41) is 13.3. The standard InChI is InChI=1S/C18H20N6O3/c25-17(16-12-10-19-4-3-13(12)22-23-16)20-11-1-2-14-15(9-11)27-18(21-14)24-5-7-26-8-6-24/h1-2,9,19H,3-8,10H2,(H,20,25)(H,22,23). The first-order valence-electron chi connectivity index (χ1n) is 9.09. The van der Waals surface area contributed by atoms with Crippen LogP contribution in [0.1, 0.15) is 21.7 Å². The van der Waals surface area contributed by atoms with E-state index in [1.54, 1.807) is 6.07 Å². The van der Waals surface area contributed by atoms with E-state index in [2.05, 4.69) is 30.7 Å². The molecule has 9 nitrogen and oxygen atoms in total. The van der Waals surface area contributed by atoms with Gasteiger partial charge < -0.3 is 24.7 Å². The molecule has 0 saturated carbocycles. The summed E-state index contributed by atoms with van der Waals surface area (Å²) in [5.41, 5.74) is 4.45. The van der Waals surface area contributed by atoms with Gasteiger partial charge in [-0.05, 0) is 12.1 Å². The van der Waals surface area contributed by atoms with Gasteiger partial charge in [-0.1, -0.05) is 0 Å². The topological polar surface area (TPSA) is 108 Å². The van der Waals surface area contributed by atoms with Gasteiger partial charge in [-0.3, -0.25) is 9.89 Å². The van der Waals surface area contributed by atoms with Crippen molar-refractivity contribution in [2.24, 2.45) is 0 Å². The van der Waals surface area contributed by atoms with E-state index in [1.165, 1.54) is 0 Å². The molecule has 1 fully saturated rings. The van der Waals surface area contributed by atoms with E-state index < -0.39 is 0 Å². The van der Waals surface area contributed by atoms with Crippen molar-refractivity contribution in [3.05, 3.63) is 35.2 Å². The van der Waals surface area contributed by atoms with Crippen LogP contribution in [0.2, 0.25) is 0 Å². The van der Waals surface area contributed by atoms with Crippen molar-refractivity contribution >= 4 is 28.7 Å². The smallest absolute Gasteiger partial charge is 0.298 e. The SMILES string of the molecule is O=C(Nc1ccc2nc(N3CCOCC3)oc2c1)c1n[nH]c2c1CNCC2. The average Bonchev–Trinajstić information content (AvgIpc) is 3.32. The van der Waals surface area contributed by atoms with Crippen LogP contribution in [0.4, 0.5) is 11.7 Å². The summed E-state index contributed by atoms with van der Waals surface area (Å²) in [4.78, 5) is 19.2. The Hall–Kier alpha value is -2.91. The lowest BCUT2D eigenvalue weighted by molar-refractivity contribution is 0.102. The molecule has 9 heteroatoms. The molecular weight excluding hydrogens is 348 g/mol. The van der Waals surface area contributed by atoms with Crippen LogP contribution < -0.4 is 15.5 Å². The van der Waals surface area contributed by atoms with Crippen molar-refractivity contribution in [1.29, 1.82) is 0 Å². The Labute approximate surface area is 155 Å². The normalized spacial score (nSPS) is 17.1. The van der Waals surface area contributed by atoms with Crippen molar-refractivity contribution in [3.8, 4) is 0 Å². The van der Waals surface area contributed by atoms with E-state index in [0.717, 1.165) is 42.8 Å². The van der Waals surface area contributed by atoms with E-state index in [4.69, 9.17) is 9.15 Å². The molecule has 3 aromatic rings. The molecule has 140 valence electrons. The average molecular weight is 368 g/mol. The van der Waals surface area contributed by atoms with Gasteiger partial charge in [0.1, 0.15) is 5.52 Å². The predicted molar refractivity (Wildman–Crippen MR) is 99.0 cm³/mol. The predicted octanol–water partition coefficient (Wildman–Crippen LogP) is 1.29. The first-order chi connectivity index (χ1) is 13.3. The molecule has 1 amide bonds. The second-order valence-corrected chi connectivity index (χ2v) is 6.69. The minimum Gasteiger partial charge on any atom is -0.423 e. The number of benzene rings is 1. The van der Waals surface area contributed by atoms with Crippen LogP contribution >= 0.6 is 0 Å². The van der Waals surface area contributed by atoms with Crippen LogP contribution in [-0.2, 0) is 17.7 Å². The second kappa shape index (κ2) is 6.67. The highest BCUT2D eigenvalue weighted by Crippen LogP contribution is 2.26. The summed E-state index contributed by atoms with van der Waals surface area (Å²) in [5.74, 6) is -0.233. The Morgan fingerprint density at radius 3 is 3.04 bits per heavy atom. The molecule has 2 aromatic heterocycles. The molecular formula is C18H20N6O3. The number of amides is 1. The van der Waals surface area contributed by atoms with Crippen LogP contribution in [0.25, 0.3) is 11.1 Å². The van der Waals surface area contributed by atoms with Crippen molar-refractivity contribution in [3.63, 3.8) is 0 Å². The van der Waals surface area contributed by atoms with Crippen LogP contribution in [0.15, 0.2) is 22.6 Å². The maximum absolute atomic E-state index is 12.6. The fourth-order valence-corrected chi connectivity index (χ4v) is 3.48. The van der Waals surface area contributed by atoms with Crippen molar-refractivity contribution < 1.29 is 13.9 Å². The molecule has 2 aliphatic heterocycles. The lowest BCUT2D eigenvalue weighted by atomic mass is 10.1. The molecule has 27 heavy (non-hydrogen) atoms. The number of carbonyl (C=O) groups excluding carboxylic acids is 1. The molecule has 0 aliphatic carbocycles. The van der Waals surface area contributed by atoms with Gasteiger partial charge in [-0.2, -0.15) is 10.1 Å². The number of carbonyl (C=O) groups is 1. The van der Waals surface area contributed by atoms with Gasteiger partial charge in [-0.15, -0.1) is 0 Å². The van der Waals surface area contributed by atoms with Gasteiger partial charge in [0.2, 0.25) is 0 Å². The second-order valence-electron chi connectivity index (χ2n) is 6.69. The lowest BCUT2D eigenvalue weighted by Crippen LogP contribution is -2.36. The molecule has 1 aromatic carbocycles. The summed E-state index contributed by atoms with van der Waals surface area (Å²) >= 11 is 0. The van der Waals surface area contributed by atoms with E-state index in [-0.39, 0.29) is 5.91 Å². The molecule has 5 rings (SSSR count). The number of H-pyrrole nitrogens is 1. The molecule has 0 radical (unpaired) electrons. The number of ether oxygens (including phenoxy) is 1. The number of nitrogens with one attached hydrogen (secondary N) is 3. The van der Waals surface area contributed by atoms with E-state index in [9.17, 15) is 4.79 Å². The first kappa shape index (κ1) is 16.3. The maximum Gasteiger partial charge on any atom is 0.298 e. The molecule has 1 saturated heterocycles. The highest BCUT2D eigenvalue weighted by Gasteiger charge is 2.22. The zero-order valence-corrected chi connectivity index (χ0v) is 14.7. The molecule has 2 aliphatic rings. The molecule has 0 spiro atoms. The van der Waals surface area contributed by atoms with Crippen LogP contribution in [-0.4, -0.2) is 53.9 Å². The molecule has 0 atom stereocenters. The van der Waals surface area contributed by atoms with Gasteiger partial charge in [0.25, 0.3) is 11.9 Å². The summed E-state index contributed by atoms with van der Waals surface area (Å²) in [6.45, 7) is 4.40. The minimum absolute atomic E-state index is 0.233. The van der Waals surface area contributed by atoms with Crippen LogP contribution in [0.5, 0.6) is 0 Å². The third-order valence-electron chi connectivity index (χ3n) is 4.94. The number of aromatic amines is 1. The Kier molecular flexibility index (Phi) is 4.02. The zero-order chi connectivity index (χ0) is 18.2. The Balaban J connectivity index is 1.37. The van der Waals surface area contributed by atoms with Gasteiger partial charge >= 0.3 is 0 Å². The number of hydrogen-bond donors (Lipinski definition) is 3. The Morgan fingerprint density at radius 2 is 2.15 bits per heavy atom.